The molecule has 0 spiro atoms. The normalized spacial score (nSPS) is 13.0. The average Bonchev–Trinajstić information content (AvgIpc) is 2.65. The number of fused-ring (bicyclic) bond motifs is 3. The maximum absolute atomic E-state index is 11.3. The van der Waals surface area contributed by atoms with Gasteiger partial charge in [-0.25, -0.2) is 9.78 Å². The van der Waals surface area contributed by atoms with Crippen LogP contribution >= 0.6 is 11.6 Å². The average molecular weight is 434 g/mol. The van der Waals surface area contributed by atoms with E-state index in [1.165, 1.54) is 6.92 Å². The Kier molecular flexibility index (Phi) is 6.66. The third-order valence-electron chi connectivity index (χ3n) is 4.52. The van der Waals surface area contributed by atoms with E-state index in [1.54, 1.807) is 24.4 Å². The third-order valence-corrected chi connectivity index (χ3v) is 4.82. The van der Waals surface area contributed by atoms with E-state index in [2.05, 4.69) is 15.6 Å². The summed E-state index contributed by atoms with van der Waals surface area (Å²) in [6.07, 6.45) is 1.21. The second-order valence-electron chi connectivity index (χ2n) is 7.56. The van der Waals surface area contributed by atoms with Crippen LogP contribution in [-0.2, 0) is 11.4 Å². The molecule has 1 aromatic carbocycles. The van der Waals surface area contributed by atoms with Crippen molar-refractivity contribution in [3.05, 3.63) is 35.0 Å². The zero-order valence-electron chi connectivity index (χ0n) is 17.0. The molecule has 1 aliphatic rings. The molecule has 0 radical (unpaired) electrons. The number of nitrogens with zero attached hydrogens (tertiary/aromatic N) is 1. The Morgan fingerprint density at radius 3 is 2.73 bits per heavy atom. The van der Waals surface area contributed by atoms with Crippen LogP contribution in [0.2, 0.25) is 5.02 Å². The molecule has 0 fully saturated rings. The predicted molar refractivity (Wildman–Crippen MR) is 113 cm³/mol. The standard InChI is InChI=1S/C21H24ClN3O5/c1-11(2)4-14(25-21(27)28)10-30-19-7-18-16(5-17(19)22)15-6-20(24-12(3)26)23-8-13(15)9-29-18/h5-8,11,14,25H,4,9-10H2,1-3H3,(H,27,28)(H,23,24,26). The van der Waals surface area contributed by atoms with Gasteiger partial charge in [-0.3, -0.25) is 4.79 Å². The van der Waals surface area contributed by atoms with Gasteiger partial charge in [0.1, 0.15) is 30.5 Å². The van der Waals surface area contributed by atoms with E-state index in [1.807, 2.05) is 13.8 Å². The van der Waals surface area contributed by atoms with Crippen LogP contribution in [0.25, 0.3) is 11.1 Å². The number of pyridine rings is 1. The number of hydrogen-bond acceptors (Lipinski definition) is 5. The second kappa shape index (κ2) is 9.21. The van der Waals surface area contributed by atoms with Crippen LogP contribution < -0.4 is 20.1 Å². The molecule has 1 atom stereocenters. The number of amides is 2. The molecule has 1 aromatic heterocycles. The SMILES string of the molecule is CC(=O)Nc1cc2c(cn1)COc1cc(OCC(CC(C)C)NC(=O)O)c(Cl)cc1-2. The van der Waals surface area contributed by atoms with Crippen LogP contribution in [0.5, 0.6) is 11.5 Å². The number of halogens is 1. The number of rotatable bonds is 7. The van der Waals surface area contributed by atoms with E-state index in [0.29, 0.717) is 41.3 Å². The summed E-state index contributed by atoms with van der Waals surface area (Å²) < 4.78 is 11.7. The Bertz CT molecular complexity index is 964. The molecule has 2 aromatic rings. The number of carbonyl (C=O) groups excluding carboxylic acids is 1. The number of hydrogen-bond donors (Lipinski definition) is 3. The van der Waals surface area contributed by atoms with Gasteiger partial charge in [-0.05, 0) is 30.0 Å². The molecule has 1 unspecified atom stereocenters. The largest absolute Gasteiger partial charge is 0.490 e. The van der Waals surface area contributed by atoms with E-state index in [9.17, 15) is 9.59 Å². The maximum Gasteiger partial charge on any atom is 0.404 e. The third kappa shape index (κ3) is 5.33. The molecule has 0 aliphatic carbocycles. The summed E-state index contributed by atoms with van der Waals surface area (Å²) in [5.74, 6) is 1.55. The highest BCUT2D eigenvalue weighted by molar-refractivity contribution is 6.32. The fraction of sp³-hybridized carbons (Fsp3) is 0.381. The Morgan fingerprint density at radius 1 is 1.30 bits per heavy atom. The molecule has 8 nitrogen and oxygen atoms in total. The molecule has 160 valence electrons. The number of carboxylic acid groups (broad SMARTS) is 1. The van der Waals surface area contributed by atoms with E-state index >= 15 is 0 Å². The maximum atomic E-state index is 11.3. The fourth-order valence-electron chi connectivity index (χ4n) is 3.33. The van der Waals surface area contributed by atoms with Crippen LogP contribution in [0.4, 0.5) is 10.6 Å². The summed E-state index contributed by atoms with van der Waals surface area (Å²) in [7, 11) is 0. The van der Waals surface area contributed by atoms with Crippen molar-refractivity contribution in [2.24, 2.45) is 5.92 Å². The van der Waals surface area contributed by atoms with Crippen molar-refractivity contribution < 1.29 is 24.2 Å². The van der Waals surface area contributed by atoms with Crippen LogP contribution in [0, 0.1) is 5.92 Å². The van der Waals surface area contributed by atoms with Gasteiger partial charge in [0.15, 0.2) is 0 Å². The Morgan fingerprint density at radius 2 is 2.07 bits per heavy atom. The van der Waals surface area contributed by atoms with Gasteiger partial charge in [-0.15, -0.1) is 0 Å². The zero-order chi connectivity index (χ0) is 21.8. The number of carbonyl (C=O) groups is 2. The quantitative estimate of drug-likeness (QED) is 0.600. The summed E-state index contributed by atoms with van der Waals surface area (Å²) in [6, 6.07) is 4.86. The van der Waals surface area contributed by atoms with Crippen molar-refractivity contribution in [1.29, 1.82) is 0 Å². The van der Waals surface area contributed by atoms with Gasteiger partial charge in [0, 0.05) is 30.3 Å². The summed E-state index contributed by atoms with van der Waals surface area (Å²) in [6.45, 7) is 5.92. The first-order chi connectivity index (χ1) is 14.2. The molecule has 3 N–H and O–H groups in total. The van der Waals surface area contributed by atoms with Crippen LogP contribution in [0.1, 0.15) is 32.8 Å². The van der Waals surface area contributed by atoms with E-state index in [4.69, 9.17) is 26.2 Å². The van der Waals surface area contributed by atoms with Gasteiger partial charge in [0.25, 0.3) is 0 Å². The Hall–Kier alpha value is -3.00. The van der Waals surface area contributed by atoms with Crippen LogP contribution in [-0.4, -0.2) is 34.7 Å². The van der Waals surface area contributed by atoms with Crippen LogP contribution in [0.15, 0.2) is 24.4 Å². The fourth-order valence-corrected chi connectivity index (χ4v) is 3.55. The predicted octanol–water partition coefficient (Wildman–Crippen LogP) is 4.31. The highest BCUT2D eigenvalue weighted by Gasteiger charge is 2.22. The topological polar surface area (TPSA) is 110 Å². The zero-order valence-corrected chi connectivity index (χ0v) is 17.7. The lowest BCUT2D eigenvalue weighted by Gasteiger charge is -2.24. The van der Waals surface area contributed by atoms with E-state index in [-0.39, 0.29) is 18.6 Å². The molecule has 30 heavy (non-hydrogen) atoms. The lowest BCUT2D eigenvalue weighted by molar-refractivity contribution is -0.114. The highest BCUT2D eigenvalue weighted by atomic mass is 35.5. The van der Waals surface area contributed by atoms with Gasteiger partial charge >= 0.3 is 6.09 Å². The summed E-state index contributed by atoms with van der Waals surface area (Å²) in [5, 5.41) is 14.6. The van der Waals surface area contributed by atoms with Gasteiger partial charge in [0.2, 0.25) is 5.91 Å². The van der Waals surface area contributed by atoms with Crippen molar-refractivity contribution in [1.82, 2.24) is 10.3 Å². The molecule has 3 rings (SSSR count). The summed E-state index contributed by atoms with van der Waals surface area (Å²) in [4.78, 5) is 26.6. The van der Waals surface area contributed by atoms with E-state index < -0.39 is 6.09 Å². The second-order valence-corrected chi connectivity index (χ2v) is 7.97. The molecule has 9 heteroatoms. The van der Waals surface area contributed by atoms with Crippen molar-refractivity contribution in [2.45, 2.75) is 39.8 Å². The molecule has 0 saturated heterocycles. The molecular formula is C21H24ClN3O5. The number of aromatic nitrogens is 1. The van der Waals surface area contributed by atoms with Crippen molar-refractivity contribution in [3.8, 4) is 22.6 Å². The minimum absolute atomic E-state index is 0.149. The number of ether oxygens (including phenoxy) is 2. The molecule has 0 bridgehead atoms. The van der Waals surface area contributed by atoms with E-state index in [0.717, 1.165) is 16.7 Å². The number of benzene rings is 1. The number of anilines is 1. The lowest BCUT2D eigenvalue weighted by atomic mass is 9.98. The minimum atomic E-state index is -1.09. The molecule has 2 heterocycles. The smallest absolute Gasteiger partial charge is 0.404 e. The highest BCUT2D eigenvalue weighted by Crippen LogP contribution is 2.43. The Labute approximate surface area is 179 Å². The van der Waals surface area contributed by atoms with Gasteiger partial charge in [0.05, 0.1) is 11.1 Å². The monoisotopic (exact) mass is 433 g/mol. The molecule has 0 saturated carbocycles. The molecule has 2 amide bonds. The van der Waals surface area contributed by atoms with Crippen molar-refractivity contribution >= 4 is 29.4 Å². The first-order valence-electron chi connectivity index (χ1n) is 9.58. The molecular weight excluding hydrogens is 410 g/mol. The van der Waals surface area contributed by atoms with Gasteiger partial charge < -0.3 is 25.2 Å². The lowest BCUT2D eigenvalue weighted by Crippen LogP contribution is -2.39. The Balaban J connectivity index is 1.83. The summed E-state index contributed by atoms with van der Waals surface area (Å²) in [5.41, 5.74) is 2.52. The number of nitrogens with one attached hydrogen (secondary N) is 2. The van der Waals surface area contributed by atoms with Crippen LogP contribution in [0.3, 0.4) is 0 Å². The van der Waals surface area contributed by atoms with Gasteiger partial charge in [-0.2, -0.15) is 0 Å². The molecule has 1 aliphatic heterocycles. The summed E-state index contributed by atoms with van der Waals surface area (Å²) >= 11 is 6.44. The minimum Gasteiger partial charge on any atom is -0.490 e. The first-order valence-corrected chi connectivity index (χ1v) is 9.96. The van der Waals surface area contributed by atoms with Gasteiger partial charge in [-0.1, -0.05) is 25.4 Å². The first kappa shape index (κ1) is 21.7. The van der Waals surface area contributed by atoms with Crippen molar-refractivity contribution in [2.75, 3.05) is 11.9 Å². The van der Waals surface area contributed by atoms with Crippen molar-refractivity contribution in [3.63, 3.8) is 0 Å².